The number of benzene rings is 1. The number of hydrogen-bond donors (Lipinski definition) is 2. The van der Waals surface area contributed by atoms with Crippen LogP contribution in [-0.2, 0) is 30.2 Å². The molecule has 0 aliphatic rings. The molecule has 0 aromatic heterocycles. The van der Waals surface area contributed by atoms with Crippen molar-refractivity contribution in [3.63, 3.8) is 0 Å². The van der Waals surface area contributed by atoms with Crippen LogP contribution in [0.15, 0.2) is 18.2 Å². The highest BCUT2D eigenvalue weighted by molar-refractivity contribution is 5.74. The second-order valence-electron chi connectivity index (χ2n) is 10.8. The lowest BCUT2D eigenvalue weighted by Crippen LogP contribution is -2.43. The van der Waals surface area contributed by atoms with Crippen molar-refractivity contribution < 1.29 is 52.7 Å². The predicted molar refractivity (Wildman–Crippen MR) is 149 cm³/mol. The van der Waals surface area contributed by atoms with Gasteiger partial charge in [-0.1, -0.05) is 32.8 Å². The number of carboxylic acid groups (broad SMARTS) is 1. The third kappa shape index (κ3) is 15.1. The number of rotatable bonds is 15. The zero-order valence-corrected chi connectivity index (χ0v) is 25.3. The van der Waals surface area contributed by atoms with Crippen LogP contribution >= 0.6 is 0 Å². The molecule has 1 aromatic rings. The van der Waals surface area contributed by atoms with E-state index in [1.165, 1.54) is 18.2 Å². The van der Waals surface area contributed by atoms with Crippen molar-refractivity contribution in [1.82, 2.24) is 5.32 Å². The molecule has 2 N–H and O–H groups in total. The number of carbonyl (C=O) groups excluding carboxylic acids is 3. The van der Waals surface area contributed by atoms with Gasteiger partial charge in [0.1, 0.15) is 30.0 Å². The maximum absolute atomic E-state index is 12.4. The molecular formula is C29H45NO11. The smallest absolute Gasteiger partial charge is 0.480 e. The maximum atomic E-state index is 12.4. The van der Waals surface area contributed by atoms with Gasteiger partial charge in [0.25, 0.3) is 0 Å². The first kappa shape index (κ1) is 35.5. The Kier molecular flexibility index (Phi) is 15.0. The van der Waals surface area contributed by atoms with Gasteiger partial charge in [-0.05, 0) is 78.5 Å². The fraction of sp³-hybridized carbons (Fsp3) is 0.655. The highest BCUT2D eigenvalue weighted by Gasteiger charge is 2.24. The SMILES string of the molecule is CCCC(C)OC(=O)Oc1ccc(C[C@H](NCC(C)OC(=O)OC(C)(C)C)C(=O)O)cc1OC(=O)OC(C)CCC. The lowest BCUT2D eigenvalue weighted by atomic mass is 10.0. The number of carboxylic acids is 1. The average molecular weight is 584 g/mol. The summed E-state index contributed by atoms with van der Waals surface area (Å²) in [5.74, 6) is -1.39. The molecule has 0 amide bonds. The molecule has 12 heteroatoms. The van der Waals surface area contributed by atoms with Crippen molar-refractivity contribution in [1.29, 1.82) is 0 Å². The Hall–Kier alpha value is -3.54. The van der Waals surface area contributed by atoms with Gasteiger partial charge in [-0.15, -0.1) is 0 Å². The second kappa shape index (κ2) is 17.3. The number of carbonyl (C=O) groups is 4. The van der Waals surface area contributed by atoms with Crippen molar-refractivity contribution in [3.05, 3.63) is 23.8 Å². The zero-order chi connectivity index (χ0) is 31.2. The van der Waals surface area contributed by atoms with E-state index < -0.39 is 48.3 Å². The summed E-state index contributed by atoms with van der Waals surface area (Å²) in [6, 6.07) is 3.22. The number of hydrogen-bond acceptors (Lipinski definition) is 11. The van der Waals surface area contributed by atoms with Gasteiger partial charge in [0.05, 0.1) is 0 Å². The van der Waals surface area contributed by atoms with Crippen LogP contribution in [0.2, 0.25) is 0 Å². The van der Waals surface area contributed by atoms with Crippen LogP contribution in [0, 0.1) is 0 Å². The number of aliphatic carboxylic acids is 1. The Morgan fingerprint density at radius 3 is 1.80 bits per heavy atom. The molecule has 0 radical (unpaired) electrons. The first-order chi connectivity index (χ1) is 19.1. The molecule has 12 nitrogen and oxygen atoms in total. The molecule has 0 saturated heterocycles. The minimum atomic E-state index is -1.15. The van der Waals surface area contributed by atoms with E-state index in [1.807, 2.05) is 13.8 Å². The third-order valence-electron chi connectivity index (χ3n) is 5.46. The molecule has 0 aliphatic carbocycles. The summed E-state index contributed by atoms with van der Waals surface area (Å²) >= 11 is 0. The van der Waals surface area contributed by atoms with Crippen molar-refractivity contribution in [3.8, 4) is 11.5 Å². The van der Waals surface area contributed by atoms with Crippen LogP contribution < -0.4 is 14.8 Å². The van der Waals surface area contributed by atoms with Gasteiger partial charge in [0, 0.05) is 6.54 Å². The largest absolute Gasteiger partial charge is 0.514 e. The molecule has 0 aliphatic heterocycles. The summed E-state index contributed by atoms with van der Waals surface area (Å²) in [6.45, 7) is 14.1. The quantitative estimate of drug-likeness (QED) is 0.141. The van der Waals surface area contributed by atoms with Gasteiger partial charge in [0.2, 0.25) is 0 Å². The molecule has 3 unspecified atom stereocenters. The standard InChI is InChI=1S/C29H45NO11/c1-9-11-18(3)36-26(33)39-23-14-13-21(16-24(23)40-27(34)37-19(4)12-10-2)15-22(25(31)32)30-17-20(5)38-28(35)41-29(6,7)8/h13-14,16,18-20,22,30H,9-12,15,17H2,1-8H3,(H,31,32)/t18?,19?,20?,22-/m0/s1. The molecule has 0 bridgehead atoms. The molecule has 232 valence electrons. The van der Waals surface area contributed by atoms with Gasteiger partial charge in [-0.25, -0.2) is 14.4 Å². The summed E-state index contributed by atoms with van der Waals surface area (Å²) < 4.78 is 31.4. The molecule has 1 rings (SSSR count). The van der Waals surface area contributed by atoms with E-state index in [0.717, 1.165) is 12.8 Å². The Bertz CT molecular complexity index is 1000. The van der Waals surface area contributed by atoms with Crippen LogP contribution in [0.4, 0.5) is 14.4 Å². The molecule has 1 aromatic carbocycles. The van der Waals surface area contributed by atoms with Gasteiger partial charge in [-0.3, -0.25) is 4.79 Å². The summed E-state index contributed by atoms with van der Waals surface area (Å²) in [5, 5.41) is 12.6. The molecule has 0 spiro atoms. The molecule has 4 atom stereocenters. The second-order valence-corrected chi connectivity index (χ2v) is 10.8. The van der Waals surface area contributed by atoms with E-state index in [9.17, 15) is 24.3 Å². The van der Waals surface area contributed by atoms with Gasteiger partial charge in [-0.2, -0.15) is 0 Å². The van der Waals surface area contributed by atoms with Gasteiger partial charge >= 0.3 is 24.4 Å². The van der Waals surface area contributed by atoms with E-state index >= 15 is 0 Å². The van der Waals surface area contributed by atoms with E-state index in [1.54, 1.807) is 41.5 Å². The fourth-order valence-electron chi connectivity index (χ4n) is 3.60. The molecule has 0 saturated carbocycles. The van der Waals surface area contributed by atoms with Crippen LogP contribution in [0.3, 0.4) is 0 Å². The van der Waals surface area contributed by atoms with E-state index in [-0.39, 0.29) is 30.6 Å². The lowest BCUT2D eigenvalue weighted by Gasteiger charge is -2.22. The summed E-state index contributed by atoms with van der Waals surface area (Å²) in [4.78, 5) is 48.6. The van der Waals surface area contributed by atoms with E-state index in [4.69, 9.17) is 28.4 Å². The molecule has 41 heavy (non-hydrogen) atoms. The minimum Gasteiger partial charge on any atom is -0.480 e. The first-order valence-corrected chi connectivity index (χ1v) is 13.9. The number of ether oxygens (including phenoxy) is 6. The molecule has 0 fully saturated rings. The normalized spacial score (nSPS) is 14.1. The highest BCUT2D eigenvalue weighted by Crippen LogP contribution is 2.30. The Morgan fingerprint density at radius 2 is 1.32 bits per heavy atom. The zero-order valence-electron chi connectivity index (χ0n) is 25.3. The Morgan fingerprint density at radius 1 is 0.805 bits per heavy atom. The summed E-state index contributed by atoms with van der Waals surface area (Å²) in [5.41, 5.74) is -0.274. The third-order valence-corrected chi connectivity index (χ3v) is 5.46. The molecule has 0 heterocycles. The van der Waals surface area contributed by atoms with E-state index in [0.29, 0.717) is 18.4 Å². The lowest BCUT2D eigenvalue weighted by molar-refractivity contribution is -0.139. The van der Waals surface area contributed by atoms with E-state index in [2.05, 4.69) is 5.32 Å². The van der Waals surface area contributed by atoms with Crippen molar-refractivity contribution in [2.75, 3.05) is 6.54 Å². The summed E-state index contributed by atoms with van der Waals surface area (Å²) in [7, 11) is 0. The summed E-state index contributed by atoms with van der Waals surface area (Å²) in [6.07, 6.45) is -1.44. The predicted octanol–water partition coefficient (Wildman–Crippen LogP) is 6.02. The average Bonchev–Trinajstić information content (AvgIpc) is 2.81. The number of nitrogens with one attached hydrogen (secondary N) is 1. The maximum Gasteiger partial charge on any atom is 0.514 e. The van der Waals surface area contributed by atoms with Crippen LogP contribution in [0.1, 0.15) is 86.6 Å². The minimum absolute atomic E-state index is 0.0319. The monoisotopic (exact) mass is 583 g/mol. The highest BCUT2D eigenvalue weighted by atomic mass is 16.8. The Balaban J connectivity index is 3.03. The van der Waals surface area contributed by atoms with Crippen molar-refractivity contribution in [2.24, 2.45) is 0 Å². The van der Waals surface area contributed by atoms with Crippen molar-refractivity contribution in [2.45, 2.75) is 117 Å². The van der Waals surface area contributed by atoms with Gasteiger partial charge < -0.3 is 38.8 Å². The van der Waals surface area contributed by atoms with Crippen LogP contribution in [0.5, 0.6) is 11.5 Å². The van der Waals surface area contributed by atoms with Crippen molar-refractivity contribution >= 4 is 24.4 Å². The topological polar surface area (TPSA) is 156 Å². The molecular weight excluding hydrogens is 538 g/mol. The fourth-order valence-corrected chi connectivity index (χ4v) is 3.60. The Labute approximate surface area is 241 Å². The van der Waals surface area contributed by atoms with Crippen LogP contribution in [-0.4, -0.2) is 66.0 Å². The first-order valence-electron chi connectivity index (χ1n) is 13.9. The van der Waals surface area contributed by atoms with Gasteiger partial charge in [0.15, 0.2) is 11.5 Å². The van der Waals surface area contributed by atoms with Crippen LogP contribution in [0.25, 0.3) is 0 Å².